The zero-order valence-electron chi connectivity index (χ0n) is 14.2. The molecule has 130 valence electrons. The van der Waals surface area contributed by atoms with E-state index in [2.05, 4.69) is 21.2 Å². The first kappa shape index (κ1) is 17.7. The molecule has 0 heterocycles. The number of hydrogen-bond donors (Lipinski definition) is 1. The molecule has 3 rings (SSSR count). The molecule has 2 saturated carbocycles. The van der Waals surface area contributed by atoms with Crippen molar-refractivity contribution in [2.24, 2.45) is 16.2 Å². The molecule has 0 aliphatic heterocycles. The minimum Gasteiger partial charge on any atom is -0.495 e. The second-order valence-corrected chi connectivity index (χ2v) is 8.81. The summed E-state index contributed by atoms with van der Waals surface area (Å²) in [6.45, 7) is 6.02. The van der Waals surface area contributed by atoms with E-state index in [1.165, 1.54) is 0 Å². The standard InChI is InChI=1S/C18H21BrClNO3/c1-16(2)17(3)7-8-18(16,13(19)14(17)22)15(23)21-11-9-10(20)5-6-12(11)24-4/h5-6,9,13H,7-8H2,1-4H3,(H,21,23)/t13-,17-,18-/m1/s1. The zero-order chi connectivity index (χ0) is 17.9. The average molecular weight is 415 g/mol. The molecule has 0 saturated heterocycles. The number of ether oxygens (including phenoxy) is 1. The summed E-state index contributed by atoms with van der Waals surface area (Å²) < 4.78 is 5.31. The number of Topliss-reactive ketones (excluding diaryl/α,β-unsaturated/α-hetero) is 1. The average Bonchev–Trinajstić information content (AvgIpc) is 2.79. The van der Waals surface area contributed by atoms with Gasteiger partial charge in [0.25, 0.3) is 0 Å². The van der Waals surface area contributed by atoms with Crippen LogP contribution in [0.3, 0.4) is 0 Å². The van der Waals surface area contributed by atoms with E-state index in [1.807, 2.05) is 20.8 Å². The van der Waals surface area contributed by atoms with Gasteiger partial charge in [-0.3, -0.25) is 9.59 Å². The summed E-state index contributed by atoms with van der Waals surface area (Å²) in [5.74, 6) is 0.495. The monoisotopic (exact) mass is 413 g/mol. The molecule has 1 aromatic carbocycles. The van der Waals surface area contributed by atoms with Crippen LogP contribution in [0.1, 0.15) is 33.6 Å². The Morgan fingerprint density at radius 2 is 2.00 bits per heavy atom. The van der Waals surface area contributed by atoms with Gasteiger partial charge in [0.2, 0.25) is 5.91 Å². The minimum absolute atomic E-state index is 0.118. The number of amides is 1. The van der Waals surface area contributed by atoms with E-state index in [-0.39, 0.29) is 11.7 Å². The fraction of sp³-hybridized carbons (Fsp3) is 0.556. The molecule has 2 fully saturated rings. The van der Waals surface area contributed by atoms with Gasteiger partial charge in [-0.1, -0.05) is 48.3 Å². The number of ketones is 1. The maximum absolute atomic E-state index is 13.3. The molecule has 6 heteroatoms. The van der Waals surface area contributed by atoms with Crippen LogP contribution in [0.15, 0.2) is 18.2 Å². The van der Waals surface area contributed by atoms with Crippen LogP contribution in [0.5, 0.6) is 5.75 Å². The second kappa shape index (κ2) is 5.46. The van der Waals surface area contributed by atoms with Crippen LogP contribution in [0.4, 0.5) is 5.69 Å². The Balaban J connectivity index is 2.02. The molecule has 4 nitrogen and oxygen atoms in total. The third-order valence-corrected chi connectivity index (χ3v) is 7.97. The third-order valence-electron chi connectivity index (χ3n) is 6.54. The number of anilines is 1. The SMILES string of the molecule is COc1ccc(Cl)cc1NC(=O)[C@@]12CC[C@](C)(C(=O)[C@H]1Br)C2(C)C. The maximum Gasteiger partial charge on any atom is 0.232 e. The van der Waals surface area contributed by atoms with Crippen molar-refractivity contribution in [2.45, 2.75) is 38.4 Å². The predicted molar refractivity (Wildman–Crippen MR) is 97.9 cm³/mol. The number of halogens is 2. The van der Waals surface area contributed by atoms with E-state index in [0.717, 1.165) is 6.42 Å². The molecule has 1 amide bonds. The molecule has 1 aromatic rings. The molecular weight excluding hydrogens is 394 g/mol. The lowest BCUT2D eigenvalue weighted by molar-refractivity contribution is -0.130. The van der Waals surface area contributed by atoms with Crippen molar-refractivity contribution in [3.05, 3.63) is 23.2 Å². The van der Waals surface area contributed by atoms with Crippen molar-refractivity contribution < 1.29 is 14.3 Å². The quantitative estimate of drug-likeness (QED) is 0.744. The van der Waals surface area contributed by atoms with Gasteiger partial charge >= 0.3 is 0 Å². The van der Waals surface area contributed by atoms with E-state index < -0.39 is 21.1 Å². The first-order valence-electron chi connectivity index (χ1n) is 7.95. The summed E-state index contributed by atoms with van der Waals surface area (Å²) in [6, 6.07) is 5.08. The van der Waals surface area contributed by atoms with Crippen molar-refractivity contribution in [3.8, 4) is 5.75 Å². The van der Waals surface area contributed by atoms with Crippen LogP contribution in [-0.4, -0.2) is 23.6 Å². The number of nitrogens with one attached hydrogen (secondary N) is 1. The molecule has 1 N–H and O–H groups in total. The highest BCUT2D eigenvalue weighted by molar-refractivity contribution is 9.10. The predicted octanol–water partition coefficient (Wildman–Crippen LogP) is 4.45. The van der Waals surface area contributed by atoms with Gasteiger partial charge in [-0.15, -0.1) is 0 Å². The Kier molecular flexibility index (Phi) is 4.04. The van der Waals surface area contributed by atoms with Crippen molar-refractivity contribution in [1.29, 1.82) is 0 Å². The number of alkyl halides is 1. The first-order chi connectivity index (χ1) is 11.1. The lowest BCUT2D eigenvalue weighted by Gasteiger charge is -2.39. The maximum atomic E-state index is 13.3. The van der Waals surface area contributed by atoms with Gasteiger partial charge < -0.3 is 10.1 Å². The Hall–Kier alpha value is -1.07. The lowest BCUT2D eigenvalue weighted by atomic mass is 9.64. The van der Waals surface area contributed by atoms with E-state index in [4.69, 9.17) is 16.3 Å². The van der Waals surface area contributed by atoms with Crippen LogP contribution < -0.4 is 10.1 Å². The fourth-order valence-electron chi connectivity index (χ4n) is 4.47. The van der Waals surface area contributed by atoms with Gasteiger partial charge in [0.15, 0.2) is 5.78 Å². The Morgan fingerprint density at radius 3 is 2.54 bits per heavy atom. The molecular formula is C18H21BrClNO3. The number of fused-ring (bicyclic) bond motifs is 2. The number of hydrogen-bond acceptors (Lipinski definition) is 3. The van der Waals surface area contributed by atoms with Gasteiger partial charge in [0.05, 0.1) is 23.0 Å². The van der Waals surface area contributed by atoms with Gasteiger partial charge in [0.1, 0.15) is 5.75 Å². The minimum atomic E-state index is -0.786. The van der Waals surface area contributed by atoms with E-state index in [1.54, 1.807) is 25.3 Å². The lowest BCUT2D eigenvalue weighted by Crippen LogP contribution is -2.48. The number of benzene rings is 1. The molecule has 24 heavy (non-hydrogen) atoms. The van der Waals surface area contributed by atoms with Gasteiger partial charge in [-0.2, -0.15) is 0 Å². The number of carbonyl (C=O) groups excluding carboxylic acids is 2. The van der Waals surface area contributed by atoms with Gasteiger partial charge in [0, 0.05) is 10.4 Å². The van der Waals surface area contributed by atoms with Crippen molar-refractivity contribution in [3.63, 3.8) is 0 Å². The van der Waals surface area contributed by atoms with Crippen LogP contribution >= 0.6 is 27.5 Å². The summed E-state index contributed by atoms with van der Waals surface area (Å²) in [6.07, 6.45) is 1.40. The Labute approximate surface area is 155 Å². The molecule has 2 bridgehead atoms. The van der Waals surface area contributed by atoms with Crippen LogP contribution in [0.2, 0.25) is 5.02 Å². The van der Waals surface area contributed by atoms with E-state index in [0.29, 0.717) is 22.9 Å². The van der Waals surface area contributed by atoms with Crippen molar-refractivity contribution in [1.82, 2.24) is 0 Å². The molecule has 0 radical (unpaired) electrons. The molecule has 0 aromatic heterocycles. The molecule has 2 aliphatic rings. The molecule has 3 atom stereocenters. The van der Waals surface area contributed by atoms with E-state index in [9.17, 15) is 9.59 Å². The summed E-state index contributed by atoms with van der Waals surface area (Å²) in [4.78, 5) is 25.6. The number of carbonyl (C=O) groups is 2. The van der Waals surface area contributed by atoms with E-state index >= 15 is 0 Å². The highest BCUT2D eigenvalue weighted by Crippen LogP contribution is 2.72. The van der Waals surface area contributed by atoms with Crippen molar-refractivity contribution >= 4 is 44.9 Å². The largest absolute Gasteiger partial charge is 0.495 e. The number of methoxy groups -OCH3 is 1. The van der Waals surface area contributed by atoms with Crippen LogP contribution in [0, 0.1) is 16.2 Å². The molecule has 0 unspecified atom stereocenters. The summed E-state index contributed by atoms with van der Waals surface area (Å²) in [5, 5.41) is 3.47. The normalized spacial score (nSPS) is 33.6. The second-order valence-electron chi connectivity index (χ2n) is 7.45. The van der Waals surface area contributed by atoms with Gasteiger partial charge in [-0.25, -0.2) is 0 Å². The first-order valence-corrected chi connectivity index (χ1v) is 9.24. The topological polar surface area (TPSA) is 55.4 Å². The summed E-state index contributed by atoms with van der Waals surface area (Å²) in [5.41, 5.74) is -1.20. The Bertz CT molecular complexity index is 735. The highest BCUT2D eigenvalue weighted by Gasteiger charge is 2.76. The van der Waals surface area contributed by atoms with Crippen LogP contribution in [0.25, 0.3) is 0 Å². The molecule has 0 spiro atoms. The summed E-state index contributed by atoms with van der Waals surface area (Å²) >= 11 is 9.58. The molecule has 2 aliphatic carbocycles. The third kappa shape index (κ3) is 1.97. The summed E-state index contributed by atoms with van der Waals surface area (Å²) in [7, 11) is 1.54. The van der Waals surface area contributed by atoms with Crippen molar-refractivity contribution in [2.75, 3.05) is 12.4 Å². The number of rotatable bonds is 3. The zero-order valence-corrected chi connectivity index (χ0v) is 16.5. The Morgan fingerprint density at radius 1 is 1.33 bits per heavy atom. The smallest absolute Gasteiger partial charge is 0.232 e. The fourth-order valence-corrected chi connectivity index (χ4v) is 6.15. The highest BCUT2D eigenvalue weighted by atomic mass is 79.9. The van der Waals surface area contributed by atoms with Crippen LogP contribution in [-0.2, 0) is 9.59 Å². The van der Waals surface area contributed by atoms with Gasteiger partial charge in [-0.05, 0) is 36.5 Å².